The molecule has 3 aromatic rings. The Morgan fingerprint density at radius 1 is 0.949 bits per heavy atom. The number of anilines is 3. The molecule has 2 saturated heterocycles. The minimum atomic E-state index is -4.70. The van der Waals surface area contributed by atoms with E-state index < -0.39 is 23.7 Å². The van der Waals surface area contributed by atoms with Gasteiger partial charge in [0.1, 0.15) is 6.04 Å². The second-order valence-corrected chi connectivity index (χ2v) is 9.83. The van der Waals surface area contributed by atoms with Gasteiger partial charge in [0, 0.05) is 29.9 Å². The van der Waals surface area contributed by atoms with Gasteiger partial charge >= 0.3 is 6.18 Å². The van der Waals surface area contributed by atoms with Crippen molar-refractivity contribution in [2.24, 2.45) is 11.7 Å². The van der Waals surface area contributed by atoms with Crippen LogP contribution in [-0.4, -0.2) is 17.9 Å². The third-order valence-electron chi connectivity index (χ3n) is 7.35. The molecule has 2 aliphatic heterocycles. The number of nitrogens with two attached hydrogens (primary N) is 1. The Kier molecular flexibility index (Phi) is 8.51. The number of rotatable bonds is 7. The lowest BCUT2D eigenvalue weighted by Crippen LogP contribution is -2.53. The van der Waals surface area contributed by atoms with Gasteiger partial charge in [-0.3, -0.25) is 9.59 Å². The van der Waals surface area contributed by atoms with Gasteiger partial charge in [0.25, 0.3) is 5.91 Å². The summed E-state index contributed by atoms with van der Waals surface area (Å²) in [6.07, 6.45) is -1.87. The summed E-state index contributed by atoms with van der Waals surface area (Å²) in [6.45, 7) is 0.325. The standard InChI is InChI=1S/C29H29F3N4O2.ClH/c30-29(31,32)24-16-22(11-14-25(24)36-23-12-9-20(10-13-23)28(36)38)35-27(37)26(19-6-2-1-3-7-19)34-21-8-4-5-18(15-21)17-33;/h1-8,11,14-16,20,23,26,34H,9-10,12-13,17,33H2,(H,35,37);1H. The number of piperidine rings is 2. The van der Waals surface area contributed by atoms with Gasteiger partial charge in [0.05, 0.1) is 11.3 Å². The first-order chi connectivity index (χ1) is 18.2. The van der Waals surface area contributed by atoms with Gasteiger partial charge in [-0.1, -0.05) is 42.5 Å². The van der Waals surface area contributed by atoms with Crippen molar-refractivity contribution in [2.75, 3.05) is 15.5 Å². The van der Waals surface area contributed by atoms with Crippen LogP contribution in [0.1, 0.15) is 48.4 Å². The number of halogens is 4. The van der Waals surface area contributed by atoms with E-state index in [4.69, 9.17) is 5.73 Å². The lowest BCUT2D eigenvalue weighted by atomic mass is 9.78. The van der Waals surface area contributed by atoms with Crippen LogP contribution < -0.4 is 21.3 Å². The number of alkyl halides is 3. The zero-order valence-electron chi connectivity index (χ0n) is 21.1. The summed E-state index contributed by atoms with van der Waals surface area (Å²) in [5.74, 6) is -0.998. The molecule has 1 unspecified atom stereocenters. The van der Waals surface area contributed by atoms with Crippen LogP contribution in [-0.2, 0) is 22.3 Å². The number of fused-ring (bicyclic) bond motifs is 3. The first-order valence-corrected chi connectivity index (χ1v) is 12.7. The average molecular weight is 559 g/mol. The van der Waals surface area contributed by atoms with Crippen LogP contribution in [0.15, 0.2) is 72.8 Å². The molecule has 4 N–H and O–H groups in total. The summed E-state index contributed by atoms with van der Waals surface area (Å²) in [6, 6.07) is 18.7. The highest BCUT2D eigenvalue weighted by atomic mass is 35.5. The summed E-state index contributed by atoms with van der Waals surface area (Å²) >= 11 is 0. The molecule has 206 valence electrons. The van der Waals surface area contributed by atoms with Crippen molar-refractivity contribution in [3.8, 4) is 0 Å². The SMILES string of the molecule is Cl.NCc1cccc(NC(C(=O)Nc2ccc(N3C(=O)C4CCC3CC4)c(C(F)(F)F)c2)c2ccccc2)c1. The molecule has 0 spiro atoms. The summed E-state index contributed by atoms with van der Waals surface area (Å²) < 4.78 is 42.6. The molecule has 1 saturated carbocycles. The predicted octanol–water partition coefficient (Wildman–Crippen LogP) is 6.28. The van der Waals surface area contributed by atoms with Crippen LogP contribution in [0.3, 0.4) is 0 Å². The highest BCUT2D eigenvalue weighted by Gasteiger charge is 2.44. The second kappa shape index (κ2) is 11.7. The van der Waals surface area contributed by atoms with E-state index in [0.29, 0.717) is 30.6 Å². The zero-order chi connectivity index (χ0) is 26.9. The fourth-order valence-electron chi connectivity index (χ4n) is 5.44. The molecule has 6 nitrogen and oxygen atoms in total. The Morgan fingerprint density at radius 3 is 2.31 bits per heavy atom. The molecule has 3 aromatic carbocycles. The molecule has 39 heavy (non-hydrogen) atoms. The van der Waals surface area contributed by atoms with Crippen molar-refractivity contribution in [1.82, 2.24) is 0 Å². The summed E-state index contributed by atoms with van der Waals surface area (Å²) in [4.78, 5) is 27.6. The molecule has 2 bridgehead atoms. The van der Waals surface area contributed by atoms with E-state index in [2.05, 4.69) is 10.6 Å². The van der Waals surface area contributed by atoms with Crippen LogP contribution in [0, 0.1) is 5.92 Å². The van der Waals surface area contributed by atoms with Gasteiger partial charge in [0.2, 0.25) is 5.91 Å². The Hall–Kier alpha value is -3.56. The first-order valence-electron chi connectivity index (χ1n) is 12.7. The number of nitrogens with one attached hydrogen (secondary N) is 2. The largest absolute Gasteiger partial charge is 0.418 e. The summed E-state index contributed by atoms with van der Waals surface area (Å²) in [7, 11) is 0. The molecular weight excluding hydrogens is 529 g/mol. The van der Waals surface area contributed by atoms with Crippen molar-refractivity contribution in [3.63, 3.8) is 0 Å². The lowest BCUT2D eigenvalue weighted by Gasteiger charge is -2.45. The quantitative estimate of drug-likeness (QED) is 0.318. The fourth-order valence-corrected chi connectivity index (χ4v) is 5.44. The summed E-state index contributed by atoms with van der Waals surface area (Å²) in [5.41, 5.74) is 6.83. The lowest BCUT2D eigenvalue weighted by molar-refractivity contribution is -0.137. The van der Waals surface area contributed by atoms with Crippen LogP contribution in [0.25, 0.3) is 0 Å². The van der Waals surface area contributed by atoms with E-state index in [1.165, 1.54) is 17.0 Å². The number of amides is 2. The molecule has 1 aliphatic carbocycles. The monoisotopic (exact) mass is 558 g/mol. The van der Waals surface area contributed by atoms with E-state index in [-0.39, 0.29) is 41.6 Å². The highest BCUT2D eigenvalue weighted by molar-refractivity contribution is 6.00. The normalized spacial score (nSPS) is 19.3. The van der Waals surface area contributed by atoms with Crippen LogP contribution >= 0.6 is 12.4 Å². The van der Waals surface area contributed by atoms with Crippen molar-refractivity contribution in [1.29, 1.82) is 0 Å². The number of carbonyl (C=O) groups excluding carboxylic acids is 2. The molecule has 1 atom stereocenters. The molecule has 3 aliphatic rings. The number of benzene rings is 3. The van der Waals surface area contributed by atoms with Gasteiger partial charge in [-0.25, -0.2) is 0 Å². The third-order valence-corrected chi connectivity index (χ3v) is 7.35. The van der Waals surface area contributed by atoms with Crippen molar-refractivity contribution < 1.29 is 22.8 Å². The van der Waals surface area contributed by atoms with Crippen molar-refractivity contribution in [3.05, 3.63) is 89.5 Å². The zero-order valence-corrected chi connectivity index (χ0v) is 21.9. The minimum Gasteiger partial charge on any atom is -0.370 e. The minimum absolute atomic E-state index is 0. The predicted molar refractivity (Wildman–Crippen MR) is 148 cm³/mol. The van der Waals surface area contributed by atoms with Gasteiger partial charge < -0.3 is 21.3 Å². The topological polar surface area (TPSA) is 87.5 Å². The van der Waals surface area contributed by atoms with Gasteiger partial charge in [-0.15, -0.1) is 12.4 Å². The van der Waals surface area contributed by atoms with Crippen LogP contribution in [0.2, 0.25) is 0 Å². The molecule has 2 amide bonds. The molecule has 0 radical (unpaired) electrons. The second-order valence-electron chi connectivity index (χ2n) is 9.83. The fraction of sp³-hybridized carbons (Fsp3) is 0.310. The number of hydrogen-bond acceptors (Lipinski definition) is 4. The molecule has 10 heteroatoms. The highest BCUT2D eigenvalue weighted by Crippen LogP contribution is 2.44. The van der Waals surface area contributed by atoms with Gasteiger partial charge in [0.15, 0.2) is 0 Å². The average Bonchev–Trinajstić information content (AvgIpc) is 2.92. The number of hydrogen-bond donors (Lipinski definition) is 3. The maximum atomic E-state index is 14.2. The maximum Gasteiger partial charge on any atom is 0.418 e. The van der Waals surface area contributed by atoms with E-state index in [0.717, 1.165) is 24.5 Å². The van der Waals surface area contributed by atoms with E-state index in [1.54, 1.807) is 30.3 Å². The van der Waals surface area contributed by atoms with E-state index in [9.17, 15) is 22.8 Å². The van der Waals surface area contributed by atoms with Gasteiger partial charge in [-0.2, -0.15) is 13.2 Å². The van der Waals surface area contributed by atoms with E-state index in [1.807, 2.05) is 24.3 Å². The van der Waals surface area contributed by atoms with E-state index >= 15 is 0 Å². The molecule has 0 aromatic heterocycles. The smallest absolute Gasteiger partial charge is 0.370 e. The van der Waals surface area contributed by atoms with Crippen molar-refractivity contribution >= 4 is 41.3 Å². The molecule has 3 fully saturated rings. The Morgan fingerprint density at radius 2 is 1.67 bits per heavy atom. The van der Waals surface area contributed by atoms with Crippen LogP contribution in [0.5, 0.6) is 0 Å². The summed E-state index contributed by atoms with van der Waals surface area (Å²) in [5, 5.41) is 5.83. The number of carbonyl (C=O) groups is 2. The number of nitrogens with zero attached hydrogens (tertiary/aromatic N) is 1. The Labute approximate surface area is 231 Å². The van der Waals surface area contributed by atoms with Gasteiger partial charge in [-0.05, 0) is 67.1 Å². The molecule has 6 rings (SSSR count). The van der Waals surface area contributed by atoms with Crippen LogP contribution in [0.4, 0.5) is 30.2 Å². The Balaban J connectivity index is 0.00000353. The maximum absolute atomic E-state index is 14.2. The first kappa shape index (κ1) is 28.4. The van der Waals surface area contributed by atoms with Crippen molar-refractivity contribution in [2.45, 2.75) is 50.5 Å². The Bertz CT molecular complexity index is 1330. The third kappa shape index (κ3) is 6.04. The molecular formula is C29H30ClF3N4O2. The molecule has 2 heterocycles.